The van der Waals surface area contributed by atoms with Crippen molar-refractivity contribution in [2.24, 2.45) is 7.05 Å². The number of nitrogens with zero attached hydrogens (tertiary/aromatic N) is 2. The van der Waals surface area contributed by atoms with Crippen molar-refractivity contribution in [2.45, 2.75) is 25.9 Å². The van der Waals surface area contributed by atoms with Gasteiger partial charge in [0.1, 0.15) is 4.70 Å². The van der Waals surface area contributed by atoms with Gasteiger partial charge in [0.25, 0.3) is 5.56 Å². The highest BCUT2D eigenvalue weighted by Gasteiger charge is 2.14. The molecule has 0 saturated heterocycles. The molecule has 0 aliphatic heterocycles. The van der Waals surface area contributed by atoms with Gasteiger partial charge in [0.15, 0.2) is 10.9 Å². The lowest BCUT2D eigenvalue weighted by Gasteiger charge is -2.10. The van der Waals surface area contributed by atoms with Crippen LogP contribution in [0.2, 0.25) is 0 Å². The average Bonchev–Trinajstić information content (AvgIpc) is 3.01. The van der Waals surface area contributed by atoms with E-state index in [-0.39, 0.29) is 17.1 Å². The fraction of sp³-hybridized carbons (Fsp3) is 0.278. The van der Waals surface area contributed by atoms with E-state index in [0.29, 0.717) is 15.4 Å². The molecule has 2 aromatic heterocycles. The zero-order valence-corrected chi connectivity index (χ0v) is 15.7. The van der Waals surface area contributed by atoms with Crippen LogP contribution >= 0.6 is 23.1 Å². The number of hydrogen-bond acceptors (Lipinski definition) is 5. The lowest BCUT2D eigenvalue weighted by molar-refractivity contribution is 0.102. The van der Waals surface area contributed by atoms with Crippen LogP contribution in [0.25, 0.3) is 10.2 Å². The van der Waals surface area contributed by atoms with Crippen LogP contribution in [0.4, 0.5) is 0 Å². The van der Waals surface area contributed by atoms with Gasteiger partial charge in [-0.15, -0.1) is 11.3 Å². The van der Waals surface area contributed by atoms with E-state index in [1.807, 2.05) is 44.4 Å². The Morgan fingerprint density at radius 2 is 1.92 bits per heavy atom. The van der Waals surface area contributed by atoms with Crippen LogP contribution < -0.4 is 5.56 Å². The van der Waals surface area contributed by atoms with E-state index in [1.54, 1.807) is 7.05 Å². The molecule has 0 N–H and O–H groups in total. The predicted octanol–water partition coefficient (Wildman–Crippen LogP) is 3.90. The molecule has 3 rings (SSSR count). The summed E-state index contributed by atoms with van der Waals surface area (Å²) < 4.78 is 2.17. The fourth-order valence-corrected chi connectivity index (χ4v) is 4.23. The van der Waals surface area contributed by atoms with Gasteiger partial charge < -0.3 is 0 Å². The van der Waals surface area contributed by atoms with Gasteiger partial charge in [0, 0.05) is 12.6 Å². The van der Waals surface area contributed by atoms with Crippen LogP contribution in [0.3, 0.4) is 0 Å². The Hall–Kier alpha value is -1.92. The first-order valence-corrected chi connectivity index (χ1v) is 9.43. The second-order valence-electron chi connectivity index (χ2n) is 5.86. The summed E-state index contributed by atoms with van der Waals surface area (Å²) in [6.45, 7) is 6.01. The average molecular weight is 358 g/mol. The highest BCUT2D eigenvalue weighted by Crippen LogP contribution is 2.22. The Kier molecular flexibility index (Phi) is 4.60. The summed E-state index contributed by atoms with van der Waals surface area (Å²) in [5, 5.41) is 2.43. The van der Waals surface area contributed by atoms with Gasteiger partial charge in [0.2, 0.25) is 0 Å². The number of thioether (sulfide) groups is 1. The fourth-order valence-electron chi connectivity index (χ4n) is 2.57. The number of rotatable bonds is 4. The van der Waals surface area contributed by atoms with Gasteiger partial charge >= 0.3 is 0 Å². The summed E-state index contributed by atoms with van der Waals surface area (Å²) >= 11 is 2.70. The zero-order chi connectivity index (χ0) is 17.4. The summed E-state index contributed by atoms with van der Waals surface area (Å²) in [6.07, 6.45) is 0. The molecule has 1 aromatic carbocycles. The summed E-state index contributed by atoms with van der Waals surface area (Å²) in [5.41, 5.74) is 4.65. The predicted molar refractivity (Wildman–Crippen MR) is 101 cm³/mol. The Morgan fingerprint density at radius 3 is 2.67 bits per heavy atom. The van der Waals surface area contributed by atoms with Gasteiger partial charge in [-0.05, 0) is 55.0 Å². The summed E-state index contributed by atoms with van der Waals surface area (Å²) in [7, 11) is 1.70. The van der Waals surface area contributed by atoms with E-state index in [4.69, 9.17) is 0 Å². The molecule has 4 nitrogen and oxygen atoms in total. The monoisotopic (exact) mass is 358 g/mol. The number of carbonyl (C=O) groups is 1. The quantitative estimate of drug-likeness (QED) is 0.403. The summed E-state index contributed by atoms with van der Waals surface area (Å²) in [6, 6.07) is 5.82. The number of carbonyl (C=O) groups excluding carboxylic acids is 1. The Balaban J connectivity index is 1.86. The number of fused-ring (bicyclic) bond motifs is 1. The molecule has 2 heterocycles. The van der Waals surface area contributed by atoms with E-state index < -0.39 is 0 Å². The molecule has 0 aliphatic rings. The van der Waals surface area contributed by atoms with Crippen LogP contribution in [0, 0.1) is 20.8 Å². The highest BCUT2D eigenvalue weighted by molar-refractivity contribution is 7.99. The number of benzene rings is 1. The molecule has 6 heteroatoms. The maximum atomic E-state index is 12.6. The minimum absolute atomic E-state index is 0.0558. The minimum atomic E-state index is -0.0627. The Morgan fingerprint density at radius 1 is 1.21 bits per heavy atom. The highest BCUT2D eigenvalue weighted by atomic mass is 32.2. The Bertz CT molecular complexity index is 1000. The largest absolute Gasteiger partial charge is 0.293 e. The standard InChI is InChI=1S/C18H18N2O2S2/c1-10-7-12(3)13(8-11(10)2)15(21)9-24-18-19-14-5-6-23-16(14)17(22)20(18)4/h5-8H,9H2,1-4H3. The minimum Gasteiger partial charge on any atom is -0.293 e. The molecule has 0 atom stereocenters. The SMILES string of the molecule is Cc1cc(C)c(C(=O)CSc2nc3ccsc3c(=O)n2C)cc1C. The first kappa shape index (κ1) is 16.9. The number of aromatic nitrogens is 2. The summed E-state index contributed by atoms with van der Waals surface area (Å²) in [4.78, 5) is 29.4. The molecule has 24 heavy (non-hydrogen) atoms. The molecular formula is C18H18N2O2S2. The zero-order valence-electron chi connectivity index (χ0n) is 14.0. The van der Waals surface area contributed by atoms with E-state index >= 15 is 0 Å². The lowest BCUT2D eigenvalue weighted by atomic mass is 9.99. The van der Waals surface area contributed by atoms with Crippen molar-refractivity contribution in [2.75, 3.05) is 5.75 Å². The molecule has 0 bridgehead atoms. The topological polar surface area (TPSA) is 52.0 Å². The number of aryl methyl sites for hydroxylation is 3. The third-order valence-electron chi connectivity index (χ3n) is 4.12. The van der Waals surface area contributed by atoms with Gasteiger partial charge in [0.05, 0.1) is 11.3 Å². The van der Waals surface area contributed by atoms with Crippen LogP contribution in [0.5, 0.6) is 0 Å². The van der Waals surface area contributed by atoms with Crippen molar-refractivity contribution in [3.8, 4) is 0 Å². The van der Waals surface area contributed by atoms with E-state index in [0.717, 1.165) is 16.7 Å². The number of ketones is 1. The van der Waals surface area contributed by atoms with Crippen molar-refractivity contribution in [3.05, 3.63) is 56.2 Å². The first-order valence-electron chi connectivity index (χ1n) is 7.56. The van der Waals surface area contributed by atoms with E-state index in [1.165, 1.54) is 33.2 Å². The molecule has 3 aromatic rings. The maximum absolute atomic E-state index is 12.6. The number of thiophene rings is 1. The molecule has 0 unspecified atom stereocenters. The number of hydrogen-bond donors (Lipinski definition) is 0. The molecule has 0 aliphatic carbocycles. The molecule has 0 spiro atoms. The maximum Gasteiger partial charge on any atom is 0.271 e. The van der Waals surface area contributed by atoms with Gasteiger partial charge in [-0.25, -0.2) is 4.98 Å². The van der Waals surface area contributed by atoms with Gasteiger partial charge in [-0.2, -0.15) is 0 Å². The van der Waals surface area contributed by atoms with Crippen molar-refractivity contribution in [1.29, 1.82) is 0 Å². The van der Waals surface area contributed by atoms with Crippen molar-refractivity contribution < 1.29 is 4.79 Å². The third kappa shape index (κ3) is 3.03. The smallest absolute Gasteiger partial charge is 0.271 e. The molecule has 124 valence electrons. The Labute approximate surface area is 148 Å². The molecule has 0 saturated carbocycles. The second kappa shape index (κ2) is 6.53. The molecule has 0 amide bonds. The van der Waals surface area contributed by atoms with Crippen molar-refractivity contribution in [1.82, 2.24) is 9.55 Å². The summed E-state index contributed by atoms with van der Waals surface area (Å²) in [5.74, 6) is 0.319. The second-order valence-corrected chi connectivity index (χ2v) is 7.72. The van der Waals surface area contributed by atoms with Crippen molar-refractivity contribution >= 4 is 39.1 Å². The van der Waals surface area contributed by atoms with E-state index in [9.17, 15) is 9.59 Å². The van der Waals surface area contributed by atoms with Gasteiger partial charge in [-0.1, -0.05) is 17.8 Å². The lowest BCUT2D eigenvalue weighted by Crippen LogP contribution is -2.19. The number of Topliss-reactive ketones (excluding diaryl/α,β-unsaturated/α-hetero) is 1. The van der Waals surface area contributed by atoms with Gasteiger partial charge in [-0.3, -0.25) is 14.2 Å². The molecule has 0 radical (unpaired) electrons. The van der Waals surface area contributed by atoms with Crippen LogP contribution in [-0.4, -0.2) is 21.1 Å². The van der Waals surface area contributed by atoms with Crippen LogP contribution in [0.1, 0.15) is 27.0 Å². The van der Waals surface area contributed by atoms with Crippen LogP contribution in [-0.2, 0) is 7.05 Å². The third-order valence-corrected chi connectivity index (χ3v) is 6.04. The molecular weight excluding hydrogens is 340 g/mol. The molecule has 0 fully saturated rings. The van der Waals surface area contributed by atoms with Crippen LogP contribution in [0.15, 0.2) is 33.5 Å². The normalized spacial score (nSPS) is 11.2. The van der Waals surface area contributed by atoms with Crippen molar-refractivity contribution in [3.63, 3.8) is 0 Å². The first-order chi connectivity index (χ1) is 11.4. The van der Waals surface area contributed by atoms with E-state index in [2.05, 4.69) is 4.98 Å².